The number of aryl methyl sites for hydroxylation is 4. The Balaban J connectivity index is 0.000000815. The predicted octanol–water partition coefficient (Wildman–Crippen LogP) is 11.6. The first-order valence-electron chi connectivity index (χ1n) is 15.4. The molecule has 5 rings (SSSR count). The van der Waals surface area contributed by atoms with Crippen LogP contribution in [0.5, 0.6) is 0 Å². The molecule has 2 aromatic rings. The molecule has 43 heavy (non-hydrogen) atoms. The minimum absolute atomic E-state index is 0. The Bertz CT molecular complexity index is 1040. The molecule has 0 spiro atoms. The van der Waals surface area contributed by atoms with Crippen LogP contribution in [0.15, 0.2) is 24.3 Å². The van der Waals surface area contributed by atoms with Gasteiger partial charge in [-0.2, -0.15) is 43.7 Å². The van der Waals surface area contributed by atoms with Crippen molar-refractivity contribution in [3.8, 4) is 0 Å². The van der Waals surface area contributed by atoms with Gasteiger partial charge < -0.3 is 5.11 Å². The van der Waals surface area contributed by atoms with Gasteiger partial charge in [0.05, 0.1) is 6.10 Å². The van der Waals surface area contributed by atoms with E-state index in [2.05, 4.69) is 48.0 Å². The largest absolute Gasteiger partial charge is 0.393 e. The predicted molar refractivity (Wildman–Crippen MR) is 181 cm³/mol. The SMILES string of the molecule is C.C.Cc1[c-]c(C)cc(C2CCC(O)CC2)c1.Cc1cc(C2CCC(CC3CCCC3)CC2)cc(C)c1C(F)(F)Br.[B].[Y]. The second-order valence-electron chi connectivity index (χ2n) is 12.9. The summed E-state index contributed by atoms with van der Waals surface area (Å²) < 4.78 is 27.4. The zero-order valence-corrected chi connectivity index (χ0v) is 30.0. The standard InChI is InChI=1S/C21H29BrF2.C14H19O.2CH4.B.Y/c1-14-11-19(12-15(2)20(14)21(22,23)24)18-9-7-17(8-10-18)13-16-5-3-4-6-16;1-10-7-11(2)9-13(8-10)12-3-5-14(15)6-4-12;;;;/h11-12,16-18H,3-10,13H2,1-2H3;8-9,12,14-15H,3-6H2,1-2H3;2*1H4;;/q;-1;;;;. The number of alkyl halides is 3. The molecule has 1 nitrogen and oxygen atoms in total. The van der Waals surface area contributed by atoms with Crippen LogP contribution in [0.25, 0.3) is 0 Å². The summed E-state index contributed by atoms with van der Waals surface area (Å²) in [6.07, 6.45) is 16.4. The fourth-order valence-electron chi connectivity index (χ4n) is 7.70. The van der Waals surface area contributed by atoms with Crippen molar-refractivity contribution in [2.75, 3.05) is 0 Å². The molecule has 3 aliphatic carbocycles. The summed E-state index contributed by atoms with van der Waals surface area (Å²) in [6.45, 7) is 7.84. The van der Waals surface area contributed by atoms with Crippen molar-refractivity contribution in [1.82, 2.24) is 0 Å². The van der Waals surface area contributed by atoms with Crippen molar-refractivity contribution in [2.24, 2.45) is 11.8 Å². The van der Waals surface area contributed by atoms with Crippen molar-refractivity contribution in [3.05, 3.63) is 69.3 Å². The third-order valence-corrected chi connectivity index (χ3v) is 10.0. The van der Waals surface area contributed by atoms with E-state index in [0.717, 1.165) is 37.5 Å². The normalized spacial score (nSPS) is 23.8. The molecule has 0 aliphatic heterocycles. The van der Waals surface area contributed by atoms with Gasteiger partial charge in [-0.1, -0.05) is 66.5 Å². The first kappa shape index (κ1) is 42.9. The zero-order valence-electron chi connectivity index (χ0n) is 25.6. The number of hydrogen-bond donors (Lipinski definition) is 1. The van der Waals surface area contributed by atoms with E-state index in [-0.39, 0.29) is 67.6 Å². The van der Waals surface area contributed by atoms with Crippen molar-refractivity contribution < 1.29 is 46.6 Å². The van der Waals surface area contributed by atoms with Crippen LogP contribution in [0.1, 0.15) is 149 Å². The molecular weight excluding hydrogens is 678 g/mol. The number of aliphatic hydroxyl groups is 1. The van der Waals surface area contributed by atoms with Gasteiger partial charge in [-0.15, -0.1) is 0 Å². The Morgan fingerprint density at radius 1 is 0.721 bits per heavy atom. The molecule has 3 fully saturated rings. The van der Waals surface area contributed by atoms with Crippen molar-refractivity contribution >= 4 is 24.3 Å². The molecule has 3 aliphatic rings. The summed E-state index contributed by atoms with van der Waals surface area (Å²) in [4.78, 5) is -2.93. The van der Waals surface area contributed by atoms with E-state index in [1.54, 1.807) is 0 Å². The van der Waals surface area contributed by atoms with Crippen LogP contribution in [0.2, 0.25) is 0 Å². The van der Waals surface area contributed by atoms with E-state index in [4.69, 9.17) is 0 Å². The first-order valence-corrected chi connectivity index (χ1v) is 16.2. The fraction of sp³-hybridized carbons (Fsp3) is 0.676. The van der Waals surface area contributed by atoms with Crippen molar-refractivity contribution in [2.45, 2.75) is 149 Å². The molecule has 0 unspecified atom stereocenters. The molecule has 1 N–H and O–H groups in total. The summed E-state index contributed by atoms with van der Waals surface area (Å²) in [5, 5.41) is 9.48. The average Bonchev–Trinajstić information content (AvgIpc) is 3.36. The maximum atomic E-state index is 13.7. The molecule has 0 amide bonds. The van der Waals surface area contributed by atoms with Crippen molar-refractivity contribution in [1.29, 1.82) is 0 Å². The maximum Gasteiger partial charge on any atom is 0.327 e. The Morgan fingerprint density at radius 2 is 1.12 bits per heavy atom. The third-order valence-electron chi connectivity index (χ3n) is 9.63. The maximum absolute atomic E-state index is 13.7. The van der Waals surface area contributed by atoms with E-state index in [1.807, 2.05) is 26.0 Å². The monoisotopic (exact) mass is 733 g/mol. The van der Waals surface area contributed by atoms with Gasteiger partial charge in [0.1, 0.15) is 0 Å². The molecule has 3 saturated carbocycles. The Labute approximate surface area is 298 Å². The Morgan fingerprint density at radius 3 is 1.56 bits per heavy atom. The van der Waals surface area contributed by atoms with E-state index >= 15 is 0 Å². The topological polar surface area (TPSA) is 20.2 Å². The van der Waals surface area contributed by atoms with Gasteiger partial charge in [0.15, 0.2) is 0 Å². The van der Waals surface area contributed by atoms with Gasteiger partial charge in [-0.3, -0.25) is 0 Å². The number of halogens is 3. The number of aliphatic hydroxyl groups excluding tert-OH is 1. The summed E-state index contributed by atoms with van der Waals surface area (Å²) in [5.41, 5.74) is 6.73. The summed E-state index contributed by atoms with van der Waals surface area (Å²) in [7, 11) is 0. The Hall–Kier alpha value is -0.0912. The van der Waals surface area contributed by atoms with E-state index in [1.165, 1.54) is 80.0 Å². The van der Waals surface area contributed by atoms with Crippen molar-refractivity contribution in [3.63, 3.8) is 0 Å². The van der Waals surface area contributed by atoms with Crippen LogP contribution in [-0.2, 0) is 37.5 Å². The summed E-state index contributed by atoms with van der Waals surface area (Å²) in [5.74, 6) is 3.09. The molecule has 238 valence electrons. The van der Waals surface area contributed by atoms with Crippen LogP contribution in [-0.4, -0.2) is 19.6 Å². The Kier molecular flexibility index (Phi) is 19.5. The second kappa shape index (κ2) is 19.5. The van der Waals surface area contributed by atoms with Gasteiger partial charge in [-0.25, -0.2) is 0 Å². The third kappa shape index (κ3) is 12.6. The summed E-state index contributed by atoms with van der Waals surface area (Å²) in [6, 6.07) is 11.8. The smallest absolute Gasteiger partial charge is 0.327 e. The molecule has 0 heterocycles. The van der Waals surface area contributed by atoms with Gasteiger partial charge in [-0.05, 0) is 128 Å². The van der Waals surface area contributed by atoms with E-state index in [9.17, 15) is 13.9 Å². The molecule has 0 saturated heterocycles. The van der Waals surface area contributed by atoms with Crippen LogP contribution in [0.3, 0.4) is 0 Å². The van der Waals surface area contributed by atoms with Gasteiger partial charge in [0, 0.05) is 46.7 Å². The number of benzene rings is 2. The molecule has 6 heteroatoms. The molecule has 2 aromatic carbocycles. The summed E-state index contributed by atoms with van der Waals surface area (Å²) >= 11 is 2.52. The molecule has 4 radical (unpaired) electrons. The number of rotatable bonds is 5. The molecular formula is C37H56BBrF2OY-. The average molecular weight is 734 g/mol. The van der Waals surface area contributed by atoms with E-state index in [0.29, 0.717) is 23.0 Å². The van der Waals surface area contributed by atoms with Gasteiger partial charge in [0.25, 0.3) is 0 Å². The van der Waals surface area contributed by atoms with Gasteiger partial charge in [0.2, 0.25) is 0 Å². The van der Waals surface area contributed by atoms with Crippen LogP contribution in [0.4, 0.5) is 8.78 Å². The zero-order chi connectivity index (χ0) is 28.2. The van der Waals surface area contributed by atoms with Crippen LogP contribution < -0.4 is 0 Å². The fourth-order valence-corrected chi connectivity index (χ4v) is 8.32. The molecule has 0 bridgehead atoms. The van der Waals surface area contributed by atoms with Crippen LogP contribution in [0, 0.1) is 45.6 Å². The van der Waals surface area contributed by atoms with E-state index < -0.39 is 4.83 Å². The van der Waals surface area contributed by atoms with Gasteiger partial charge >= 0.3 is 4.83 Å². The quantitative estimate of drug-likeness (QED) is 0.184. The molecule has 0 aromatic heterocycles. The minimum atomic E-state index is -2.93. The number of hydrogen-bond acceptors (Lipinski definition) is 1. The molecule has 0 atom stereocenters. The first-order chi connectivity index (χ1) is 18.5. The minimum Gasteiger partial charge on any atom is -0.393 e. The second-order valence-corrected chi connectivity index (χ2v) is 13.9. The van der Waals surface area contributed by atoms with Crippen LogP contribution >= 0.6 is 15.9 Å².